The zero-order valence-corrected chi connectivity index (χ0v) is 13.8. The van der Waals surface area contributed by atoms with E-state index in [1.54, 1.807) is 7.11 Å². The van der Waals surface area contributed by atoms with Crippen molar-refractivity contribution >= 4 is 11.8 Å². The van der Waals surface area contributed by atoms with E-state index in [4.69, 9.17) is 4.74 Å². The Balaban J connectivity index is 2.73. The van der Waals surface area contributed by atoms with Gasteiger partial charge in [0, 0.05) is 22.2 Å². The number of nitrogens with one attached hydrogen (secondary N) is 1. The number of hydrogen-bond donors (Lipinski definition) is 1. The fourth-order valence-electron chi connectivity index (χ4n) is 1.70. The maximum absolute atomic E-state index is 5.43. The van der Waals surface area contributed by atoms with E-state index in [9.17, 15) is 0 Å². The third-order valence-corrected chi connectivity index (χ3v) is 4.53. The Morgan fingerprint density at radius 1 is 1.21 bits per heavy atom. The van der Waals surface area contributed by atoms with E-state index in [-0.39, 0.29) is 5.54 Å². The van der Waals surface area contributed by atoms with Gasteiger partial charge in [-0.1, -0.05) is 26.0 Å². The molecule has 0 aliphatic heterocycles. The largest absolute Gasteiger partial charge is 0.496 e. The molecule has 1 aromatic rings. The summed E-state index contributed by atoms with van der Waals surface area (Å²) < 4.78 is 5.43. The molecule has 108 valence electrons. The Hall–Kier alpha value is -0.670. The minimum atomic E-state index is 0.161. The van der Waals surface area contributed by atoms with E-state index < -0.39 is 0 Å². The SMILES string of the molecule is COc1ccccc1SC(CNC(C)(C)C)C(C)C. The maximum atomic E-state index is 5.43. The second-order valence-corrected chi connectivity index (χ2v) is 7.46. The molecule has 0 spiro atoms. The van der Waals surface area contributed by atoms with Crippen LogP contribution < -0.4 is 10.1 Å². The van der Waals surface area contributed by atoms with Gasteiger partial charge in [-0.2, -0.15) is 0 Å². The molecule has 0 saturated heterocycles. The average molecular weight is 281 g/mol. The van der Waals surface area contributed by atoms with Crippen LogP contribution in [0.1, 0.15) is 34.6 Å². The van der Waals surface area contributed by atoms with Crippen molar-refractivity contribution in [3.8, 4) is 5.75 Å². The zero-order valence-electron chi connectivity index (χ0n) is 13.0. The predicted molar refractivity (Wildman–Crippen MR) is 85.2 cm³/mol. The van der Waals surface area contributed by atoms with Crippen LogP contribution in [0.2, 0.25) is 0 Å². The van der Waals surface area contributed by atoms with Crippen LogP contribution in [-0.4, -0.2) is 24.4 Å². The van der Waals surface area contributed by atoms with Crippen molar-refractivity contribution < 1.29 is 4.74 Å². The van der Waals surface area contributed by atoms with Gasteiger partial charge in [0.25, 0.3) is 0 Å². The van der Waals surface area contributed by atoms with Crippen LogP contribution in [-0.2, 0) is 0 Å². The Labute approximate surface area is 122 Å². The third kappa shape index (κ3) is 5.87. The molecule has 2 nitrogen and oxygen atoms in total. The molecule has 0 heterocycles. The lowest BCUT2D eigenvalue weighted by atomic mass is 10.1. The topological polar surface area (TPSA) is 21.3 Å². The Bertz CT molecular complexity index is 385. The van der Waals surface area contributed by atoms with Gasteiger partial charge in [-0.15, -0.1) is 11.8 Å². The summed E-state index contributed by atoms with van der Waals surface area (Å²) in [4.78, 5) is 1.22. The van der Waals surface area contributed by atoms with Crippen molar-refractivity contribution in [3.05, 3.63) is 24.3 Å². The molecule has 0 radical (unpaired) electrons. The number of rotatable bonds is 6. The number of hydrogen-bond acceptors (Lipinski definition) is 3. The predicted octanol–water partition coefficient (Wildman–Crippen LogP) is 4.20. The highest BCUT2D eigenvalue weighted by molar-refractivity contribution is 8.00. The van der Waals surface area contributed by atoms with Gasteiger partial charge in [-0.3, -0.25) is 0 Å². The molecule has 1 N–H and O–H groups in total. The standard InChI is InChI=1S/C16H27NOS/c1-12(2)15(11-17-16(3,4)5)19-14-10-8-7-9-13(14)18-6/h7-10,12,15,17H,11H2,1-6H3. The molecule has 0 saturated carbocycles. The lowest BCUT2D eigenvalue weighted by Crippen LogP contribution is -2.41. The highest BCUT2D eigenvalue weighted by Crippen LogP contribution is 2.34. The quantitative estimate of drug-likeness (QED) is 0.790. The molecule has 1 atom stereocenters. The van der Waals surface area contributed by atoms with E-state index >= 15 is 0 Å². The van der Waals surface area contributed by atoms with Gasteiger partial charge >= 0.3 is 0 Å². The van der Waals surface area contributed by atoms with Gasteiger partial charge in [-0.25, -0.2) is 0 Å². The average Bonchev–Trinajstić information content (AvgIpc) is 2.33. The minimum Gasteiger partial charge on any atom is -0.496 e. The van der Waals surface area contributed by atoms with Crippen LogP contribution in [0.15, 0.2) is 29.2 Å². The molecule has 0 amide bonds. The summed E-state index contributed by atoms with van der Waals surface area (Å²) in [6.07, 6.45) is 0. The first kappa shape index (κ1) is 16.4. The van der Waals surface area contributed by atoms with E-state index in [2.05, 4.69) is 52.1 Å². The fourth-order valence-corrected chi connectivity index (χ4v) is 2.89. The lowest BCUT2D eigenvalue weighted by molar-refractivity contribution is 0.401. The molecule has 19 heavy (non-hydrogen) atoms. The van der Waals surface area contributed by atoms with E-state index in [1.807, 2.05) is 23.9 Å². The molecule has 0 aliphatic rings. The monoisotopic (exact) mass is 281 g/mol. The number of thioether (sulfide) groups is 1. The first-order valence-corrected chi connectivity index (χ1v) is 7.76. The summed E-state index contributed by atoms with van der Waals surface area (Å²) in [7, 11) is 1.73. The molecule has 3 heteroatoms. The summed E-state index contributed by atoms with van der Waals surface area (Å²) in [5, 5.41) is 4.14. The molecule has 0 bridgehead atoms. The van der Waals surface area contributed by atoms with E-state index in [0.29, 0.717) is 11.2 Å². The van der Waals surface area contributed by atoms with Gasteiger partial charge in [0.15, 0.2) is 0 Å². The van der Waals surface area contributed by atoms with Crippen molar-refractivity contribution in [2.75, 3.05) is 13.7 Å². The van der Waals surface area contributed by atoms with Gasteiger partial charge < -0.3 is 10.1 Å². The second-order valence-electron chi connectivity index (χ2n) is 6.18. The summed E-state index contributed by atoms with van der Waals surface area (Å²) in [6, 6.07) is 8.24. The van der Waals surface area contributed by atoms with Gasteiger partial charge in [0.2, 0.25) is 0 Å². The summed E-state index contributed by atoms with van der Waals surface area (Å²) in [5.74, 6) is 1.58. The number of benzene rings is 1. The molecule has 0 aromatic heterocycles. The Kier molecular flexibility index (Phi) is 6.21. The maximum Gasteiger partial charge on any atom is 0.132 e. The lowest BCUT2D eigenvalue weighted by Gasteiger charge is -2.27. The highest BCUT2D eigenvalue weighted by atomic mass is 32.2. The number of methoxy groups -OCH3 is 1. The Morgan fingerprint density at radius 2 is 1.84 bits per heavy atom. The zero-order chi connectivity index (χ0) is 14.5. The van der Waals surface area contributed by atoms with Gasteiger partial charge in [0.05, 0.1) is 7.11 Å². The summed E-state index contributed by atoms with van der Waals surface area (Å²) in [5.41, 5.74) is 0.161. The molecule has 1 unspecified atom stereocenters. The van der Waals surface area contributed by atoms with Crippen LogP contribution in [0.25, 0.3) is 0 Å². The van der Waals surface area contributed by atoms with Crippen LogP contribution in [0, 0.1) is 5.92 Å². The fraction of sp³-hybridized carbons (Fsp3) is 0.625. The molecule has 1 rings (SSSR count). The second kappa shape index (κ2) is 7.20. The molecular formula is C16H27NOS. The van der Waals surface area contributed by atoms with Gasteiger partial charge in [0.1, 0.15) is 5.75 Å². The normalized spacial score (nSPS) is 13.6. The molecular weight excluding hydrogens is 254 g/mol. The smallest absolute Gasteiger partial charge is 0.132 e. The molecule has 0 aliphatic carbocycles. The van der Waals surface area contributed by atoms with Crippen molar-refractivity contribution in [2.24, 2.45) is 5.92 Å². The third-order valence-electron chi connectivity index (χ3n) is 2.92. The van der Waals surface area contributed by atoms with Crippen molar-refractivity contribution in [2.45, 2.75) is 50.3 Å². The first-order chi connectivity index (χ1) is 8.83. The van der Waals surface area contributed by atoms with Gasteiger partial charge in [-0.05, 0) is 38.8 Å². The van der Waals surface area contributed by atoms with Crippen LogP contribution in [0.5, 0.6) is 5.75 Å². The first-order valence-electron chi connectivity index (χ1n) is 6.88. The molecule has 0 fully saturated rings. The van der Waals surface area contributed by atoms with Crippen LogP contribution in [0.3, 0.4) is 0 Å². The van der Waals surface area contributed by atoms with Crippen molar-refractivity contribution in [3.63, 3.8) is 0 Å². The van der Waals surface area contributed by atoms with Crippen LogP contribution in [0.4, 0.5) is 0 Å². The molecule has 1 aromatic carbocycles. The summed E-state index contributed by atoms with van der Waals surface area (Å²) in [6.45, 7) is 12.2. The summed E-state index contributed by atoms with van der Waals surface area (Å²) >= 11 is 1.90. The van der Waals surface area contributed by atoms with Crippen molar-refractivity contribution in [1.29, 1.82) is 0 Å². The number of para-hydroxylation sites is 1. The minimum absolute atomic E-state index is 0.161. The van der Waals surface area contributed by atoms with Crippen LogP contribution >= 0.6 is 11.8 Å². The highest BCUT2D eigenvalue weighted by Gasteiger charge is 2.19. The van der Waals surface area contributed by atoms with Crippen molar-refractivity contribution in [1.82, 2.24) is 5.32 Å². The Morgan fingerprint density at radius 3 is 2.37 bits per heavy atom. The number of ether oxygens (including phenoxy) is 1. The van der Waals surface area contributed by atoms with E-state index in [0.717, 1.165) is 12.3 Å². The van der Waals surface area contributed by atoms with E-state index in [1.165, 1.54) is 4.90 Å².